The lowest BCUT2D eigenvalue weighted by Crippen LogP contribution is -2.30. The predicted octanol–water partition coefficient (Wildman–Crippen LogP) is 3.77. The predicted molar refractivity (Wildman–Crippen MR) is 118 cm³/mol. The fourth-order valence-electron chi connectivity index (χ4n) is 3.25. The summed E-state index contributed by atoms with van der Waals surface area (Å²) in [5.41, 5.74) is 0.828. The molecule has 3 aromatic rings. The first-order valence-electron chi connectivity index (χ1n) is 10.1. The summed E-state index contributed by atoms with van der Waals surface area (Å²) in [4.78, 5) is 25.2. The number of nitrogens with one attached hydrogen (secondary N) is 2. The molecule has 7 heteroatoms. The Morgan fingerprint density at radius 2 is 1.68 bits per heavy atom. The molecule has 31 heavy (non-hydrogen) atoms. The first-order chi connectivity index (χ1) is 15.1. The molecule has 1 fully saturated rings. The maximum atomic E-state index is 13.2. The van der Waals surface area contributed by atoms with Crippen molar-refractivity contribution in [3.05, 3.63) is 60.2 Å². The van der Waals surface area contributed by atoms with Crippen LogP contribution in [-0.4, -0.2) is 38.7 Å². The summed E-state index contributed by atoms with van der Waals surface area (Å²) >= 11 is 0. The number of fused-ring (bicyclic) bond motifs is 1. The van der Waals surface area contributed by atoms with E-state index in [0.717, 1.165) is 23.6 Å². The van der Waals surface area contributed by atoms with Gasteiger partial charge in [-0.15, -0.1) is 0 Å². The van der Waals surface area contributed by atoms with E-state index in [9.17, 15) is 9.59 Å². The third kappa shape index (κ3) is 4.88. The molecule has 0 aromatic heterocycles. The van der Waals surface area contributed by atoms with Crippen molar-refractivity contribution in [2.24, 2.45) is 0 Å². The largest absolute Gasteiger partial charge is 0.497 e. The van der Waals surface area contributed by atoms with Gasteiger partial charge < -0.3 is 24.8 Å². The molecule has 1 saturated carbocycles. The van der Waals surface area contributed by atoms with E-state index in [1.165, 1.54) is 7.11 Å². The van der Waals surface area contributed by atoms with Crippen LogP contribution in [0.25, 0.3) is 10.8 Å². The van der Waals surface area contributed by atoms with Crippen molar-refractivity contribution in [2.75, 3.05) is 26.1 Å². The van der Waals surface area contributed by atoms with Gasteiger partial charge in [0, 0.05) is 12.1 Å². The van der Waals surface area contributed by atoms with Crippen LogP contribution in [-0.2, 0) is 4.79 Å². The van der Waals surface area contributed by atoms with E-state index in [4.69, 9.17) is 14.2 Å². The van der Waals surface area contributed by atoms with Gasteiger partial charge in [-0.1, -0.05) is 24.3 Å². The number of benzene rings is 3. The molecule has 160 valence electrons. The first kappa shape index (κ1) is 20.5. The van der Waals surface area contributed by atoms with Crippen LogP contribution < -0.4 is 24.8 Å². The molecule has 0 bridgehead atoms. The average Bonchev–Trinajstić information content (AvgIpc) is 3.61. The second kappa shape index (κ2) is 8.95. The minimum absolute atomic E-state index is 0.152. The lowest BCUT2D eigenvalue weighted by molar-refractivity contribution is -0.123. The smallest absolute Gasteiger partial charge is 0.259 e. The number of hydrogen-bond acceptors (Lipinski definition) is 5. The van der Waals surface area contributed by atoms with Crippen molar-refractivity contribution in [1.29, 1.82) is 0 Å². The van der Waals surface area contributed by atoms with Gasteiger partial charge in [-0.05, 0) is 47.9 Å². The SMILES string of the molecule is COc1ccc(NC(=O)c2cc3ccccc3cc2OCC(=O)NC2CC2)c(OC)c1. The number of hydrogen-bond donors (Lipinski definition) is 2. The summed E-state index contributed by atoms with van der Waals surface area (Å²) in [6.07, 6.45) is 2.00. The van der Waals surface area contributed by atoms with E-state index in [0.29, 0.717) is 28.5 Å². The zero-order valence-electron chi connectivity index (χ0n) is 17.4. The van der Waals surface area contributed by atoms with Crippen LogP contribution in [0.4, 0.5) is 5.69 Å². The van der Waals surface area contributed by atoms with Gasteiger partial charge in [0.1, 0.15) is 17.2 Å². The van der Waals surface area contributed by atoms with Crippen LogP contribution in [0, 0.1) is 0 Å². The molecule has 1 aliphatic carbocycles. The second-order valence-electron chi connectivity index (χ2n) is 7.35. The molecular formula is C24H24N2O5. The van der Waals surface area contributed by atoms with Crippen molar-refractivity contribution in [2.45, 2.75) is 18.9 Å². The zero-order chi connectivity index (χ0) is 21.8. The van der Waals surface area contributed by atoms with E-state index in [-0.39, 0.29) is 24.5 Å². The average molecular weight is 420 g/mol. The van der Waals surface area contributed by atoms with E-state index >= 15 is 0 Å². The lowest BCUT2D eigenvalue weighted by Gasteiger charge is -2.15. The van der Waals surface area contributed by atoms with Crippen LogP contribution in [0.5, 0.6) is 17.2 Å². The fourth-order valence-corrected chi connectivity index (χ4v) is 3.25. The molecule has 0 aliphatic heterocycles. The first-order valence-corrected chi connectivity index (χ1v) is 10.1. The van der Waals surface area contributed by atoms with Crippen molar-refractivity contribution in [3.8, 4) is 17.2 Å². The third-order valence-corrected chi connectivity index (χ3v) is 5.05. The Morgan fingerprint density at radius 3 is 2.35 bits per heavy atom. The molecule has 0 radical (unpaired) electrons. The van der Waals surface area contributed by atoms with Crippen molar-refractivity contribution < 1.29 is 23.8 Å². The molecule has 0 heterocycles. The van der Waals surface area contributed by atoms with Gasteiger partial charge in [-0.25, -0.2) is 0 Å². The Morgan fingerprint density at radius 1 is 0.935 bits per heavy atom. The van der Waals surface area contributed by atoms with Gasteiger partial charge in [0.2, 0.25) is 0 Å². The topological polar surface area (TPSA) is 85.9 Å². The normalized spacial score (nSPS) is 12.8. The van der Waals surface area contributed by atoms with Gasteiger partial charge in [0.25, 0.3) is 11.8 Å². The summed E-state index contributed by atoms with van der Waals surface area (Å²) in [6, 6.07) is 16.6. The highest BCUT2D eigenvalue weighted by Crippen LogP contribution is 2.31. The van der Waals surface area contributed by atoms with Gasteiger partial charge in [0.15, 0.2) is 6.61 Å². The van der Waals surface area contributed by atoms with Gasteiger partial charge in [-0.2, -0.15) is 0 Å². The molecular weight excluding hydrogens is 396 g/mol. The Labute approximate surface area is 180 Å². The Hall–Kier alpha value is -3.74. The summed E-state index contributed by atoms with van der Waals surface area (Å²) in [7, 11) is 3.08. The number of carbonyl (C=O) groups excluding carboxylic acids is 2. The lowest BCUT2D eigenvalue weighted by atomic mass is 10.1. The van der Waals surface area contributed by atoms with Crippen LogP contribution in [0.3, 0.4) is 0 Å². The minimum Gasteiger partial charge on any atom is -0.497 e. The molecule has 1 aliphatic rings. The molecule has 0 spiro atoms. The molecule has 7 nitrogen and oxygen atoms in total. The summed E-state index contributed by atoms with van der Waals surface area (Å²) < 4.78 is 16.3. The highest BCUT2D eigenvalue weighted by molar-refractivity contribution is 6.09. The van der Waals surface area contributed by atoms with Crippen molar-refractivity contribution >= 4 is 28.3 Å². The number of amides is 2. The number of methoxy groups -OCH3 is 2. The maximum Gasteiger partial charge on any atom is 0.259 e. The summed E-state index contributed by atoms with van der Waals surface area (Å²) in [6.45, 7) is -0.152. The van der Waals surface area contributed by atoms with E-state index < -0.39 is 0 Å². The fraction of sp³-hybridized carbons (Fsp3) is 0.250. The molecule has 0 atom stereocenters. The highest BCUT2D eigenvalue weighted by Gasteiger charge is 2.24. The number of carbonyl (C=O) groups is 2. The number of anilines is 1. The standard InChI is InChI=1S/C24H24N2O5/c1-29-18-9-10-20(22(13-18)30-2)26-24(28)19-11-15-5-3-4-6-16(15)12-21(19)31-14-23(27)25-17-7-8-17/h3-6,9-13,17H,7-8,14H2,1-2H3,(H,25,27)(H,26,28). The molecule has 0 saturated heterocycles. The van der Waals surface area contributed by atoms with E-state index in [1.807, 2.05) is 24.3 Å². The Kier molecular flexibility index (Phi) is 5.93. The Balaban J connectivity index is 1.61. The number of ether oxygens (including phenoxy) is 3. The van der Waals surface area contributed by atoms with Crippen molar-refractivity contribution in [3.63, 3.8) is 0 Å². The van der Waals surface area contributed by atoms with Gasteiger partial charge >= 0.3 is 0 Å². The quantitative estimate of drug-likeness (QED) is 0.579. The highest BCUT2D eigenvalue weighted by atomic mass is 16.5. The van der Waals surface area contributed by atoms with Gasteiger partial charge in [0.05, 0.1) is 25.5 Å². The van der Waals surface area contributed by atoms with E-state index in [1.54, 1.807) is 37.4 Å². The van der Waals surface area contributed by atoms with Crippen LogP contribution in [0.15, 0.2) is 54.6 Å². The Bertz CT molecular complexity index is 1120. The third-order valence-electron chi connectivity index (χ3n) is 5.05. The maximum absolute atomic E-state index is 13.2. The van der Waals surface area contributed by atoms with Crippen molar-refractivity contribution in [1.82, 2.24) is 5.32 Å². The minimum atomic E-state index is -0.369. The molecule has 2 N–H and O–H groups in total. The van der Waals surface area contributed by atoms with Gasteiger partial charge in [-0.3, -0.25) is 9.59 Å². The summed E-state index contributed by atoms with van der Waals surface area (Å²) in [5, 5.41) is 7.55. The van der Waals surface area contributed by atoms with Crippen LogP contribution >= 0.6 is 0 Å². The number of rotatable bonds is 8. The molecule has 0 unspecified atom stereocenters. The monoisotopic (exact) mass is 420 g/mol. The van der Waals surface area contributed by atoms with E-state index in [2.05, 4.69) is 10.6 Å². The molecule has 4 rings (SSSR count). The molecule has 2 amide bonds. The van der Waals surface area contributed by atoms with Crippen LogP contribution in [0.2, 0.25) is 0 Å². The van der Waals surface area contributed by atoms with Crippen LogP contribution in [0.1, 0.15) is 23.2 Å². The summed E-state index contributed by atoms with van der Waals surface area (Å²) in [5.74, 6) is 0.867. The molecule has 3 aromatic carbocycles. The zero-order valence-corrected chi connectivity index (χ0v) is 17.4. The second-order valence-corrected chi connectivity index (χ2v) is 7.35.